The molecule has 0 saturated heterocycles. The third kappa shape index (κ3) is 3.60. The van der Waals surface area contributed by atoms with E-state index in [1.54, 1.807) is 13.0 Å². The molecule has 94 valence electrons. The van der Waals surface area contributed by atoms with Gasteiger partial charge in [-0.15, -0.1) is 0 Å². The van der Waals surface area contributed by atoms with Gasteiger partial charge < -0.3 is 10.2 Å². The van der Waals surface area contributed by atoms with Gasteiger partial charge in [0.15, 0.2) is 0 Å². The fourth-order valence-corrected chi connectivity index (χ4v) is 2.04. The first-order valence-corrected chi connectivity index (χ1v) is 6.09. The molecule has 0 saturated carbocycles. The number of aliphatic hydroxyl groups is 2. The Morgan fingerprint density at radius 2 is 2.18 bits per heavy atom. The normalized spacial score (nSPS) is 24.2. The summed E-state index contributed by atoms with van der Waals surface area (Å²) in [5.41, 5.74) is 3.26. The predicted molar refractivity (Wildman–Crippen MR) is 71.8 cm³/mol. The molecule has 0 aromatic heterocycles. The molecule has 17 heavy (non-hydrogen) atoms. The van der Waals surface area contributed by atoms with Crippen molar-refractivity contribution < 1.29 is 10.2 Å². The van der Waals surface area contributed by atoms with Crippen LogP contribution in [0, 0.1) is 5.92 Å². The lowest BCUT2D eigenvalue weighted by atomic mass is 9.86. The molecule has 0 fully saturated rings. The topological polar surface area (TPSA) is 40.5 Å². The molecule has 0 bridgehead atoms. The van der Waals surface area contributed by atoms with Crippen LogP contribution in [0.2, 0.25) is 0 Å². The highest BCUT2D eigenvalue weighted by molar-refractivity contribution is 5.46. The molecule has 0 aromatic rings. The van der Waals surface area contributed by atoms with E-state index in [4.69, 9.17) is 0 Å². The van der Waals surface area contributed by atoms with E-state index in [-0.39, 0.29) is 5.92 Å². The Bertz CT molecular complexity index is 395. The lowest BCUT2D eigenvalue weighted by molar-refractivity contribution is 0.244. The van der Waals surface area contributed by atoms with Crippen LogP contribution in [-0.4, -0.2) is 16.3 Å². The highest BCUT2D eigenvalue weighted by Gasteiger charge is 2.18. The van der Waals surface area contributed by atoms with Gasteiger partial charge in [-0.25, -0.2) is 0 Å². The van der Waals surface area contributed by atoms with E-state index in [0.717, 1.165) is 17.6 Å². The van der Waals surface area contributed by atoms with Gasteiger partial charge >= 0.3 is 0 Å². The molecule has 2 nitrogen and oxygen atoms in total. The smallest absolute Gasteiger partial charge is 0.0983 e. The molecule has 1 aliphatic rings. The number of rotatable bonds is 3. The van der Waals surface area contributed by atoms with Crippen molar-refractivity contribution in [2.75, 3.05) is 0 Å². The lowest BCUT2D eigenvalue weighted by Gasteiger charge is -2.21. The highest BCUT2D eigenvalue weighted by Crippen LogP contribution is 2.31. The van der Waals surface area contributed by atoms with Gasteiger partial charge in [0.25, 0.3) is 0 Å². The minimum atomic E-state index is -0.434. The van der Waals surface area contributed by atoms with Crippen molar-refractivity contribution in [3.8, 4) is 0 Å². The van der Waals surface area contributed by atoms with Gasteiger partial charge in [0.05, 0.1) is 11.9 Å². The zero-order chi connectivity index (χ0) is 13.0. The summed E-state index contributed by atoms with van der Waals surface area (Å²) in [6.45, 7) is 7.67. The van der Waals surface area contributed by atoms with Gasteiger partial charge in [0.1, 0.15) is 0 Å². The summed E-state index contributed by atoms with van der Waals surface area (Å²) in [6.07, 6.45) is 8.18. The molecule has 1 aliphatic carbocycles. The summed E-state index contributed by atoms with van der Waals surface area (Å²) in [6, 6.07) is 0. The van der Waals surface area contributed by atoms with E-state index >= 15 is 0 Å². The van der Waals surface area contributed by atoms with Gasteiger partial charge in [-0.3, -0.25) is 0 Å². The van der Waals surface area contributed by atoms with Gasteiger partial charge in [0.2, 0.25) is 0 Å². The van der Waals surface area contributed by atoms with E-state index in [9.17, 15) is 10.2 Å². The first-order chi connectivity index (χ1) is 7.95. The molecule has 0 amide bonds. The standard InChI is InChI=1S/C15H22O2/c1-5-13(7-6-12(4)16)14-8-10(2)15(17)11(3)9-14/h5-8,11-12,16-17H,9H2,1-4H3/b7-6-,13-5+. The monoisotopic (exact) mass is 234 g/mol. The summed E-state index contributed by atoms with van der Waals surface area (Å²) in [5.74, 6) is 0.661. The van der Waals surface area contributed by atoms with Crippen LogP contribution in [-0.2, 0) is 0 Å². The first-order valence-electron chi connectivity index (χ1n) is 6.09. The van der Waals surface area contributed by atoms with Crippen molar-refractivity contribution in [3.05, 3.63) is 46.8 Å². The van der Waals surface area contributed by atoms with Crippen molar-refractivity contribution in [3.63, 3.8) is 0 Å². The molecule has 2 unspecified atom stereocenters. The molecule has 0 radical (unpaired) electrons. The van der Waals surface area contributed by atoms with E-state index in [1.165, 1.54) is 5.57 Å². The largest absolute Gasteiger partial charge is 0.512 e. The van der Waals surface area contributed by atoms with Crippen LogP contribution < -0.4 is 0 Å². The fraction of sp³-hybridized carbons (Fsp3) is 0.467. The third-order valence-corrected chi connectivity index (χ3v) is 3.02. The summed E-state index contributed by atoms with van der Waals surface area (Å²) in [4.78, 5) is 0. The minimum absolute atomic E-state index is 0.171. The Morgan fingerprint density at radius 1 is 1.53 bits per heavy atom. The van der Waals surface area contributed by atoms with Crippen molar-refractivity contribution in [2.24, 2.45) is 5.92 Å². The van der Waals surface area contributed by atoms with E-state index < -0.39 is 6.10 Å². The van der Waals surface area contributed by atoms with Crippen LogP contribution in [0.4, 0.5) is 0 Å². The zero-order valence-electron chi connectivity index (χ0n) is 11.1. The average molecular weight is 234 g/mol. The second kappa shape index (κ2) is 5.87. The molecule has 2 heteroatoms. The molecule has 0 heterocycles. The Hall–Kier alpha value is -1.28. The maximum absolute atomic E-state index is 9.79. The Balaban J connectivity index is 2.97. The second-order valence-electron chi connectivity index (χ2n) is 4.69. The molecular weight excluding hydrogens is 212 g/mol. The van der Waals surface area contributed by atoms with E-state index in [1.807, 2.05) is 39.0 Å². The Labute approximate surface area is 104 Å². The number of aliphatic hydroxyl groups excluding tert-OH is 2. The van der Waals surface area contributed by atoms with Crippen molar-refractivity contribution in [1.29, 1.82) is 0 Å². The number of hydrogen-bond donors (Lipinski definition) is 2. The summed E-state index contributed by atoms with van der Waals surface area (Å²) >= 11 is 0. The molecule has 0 spiro atoms. The first kappa shape index (κ1) is 13.8. The molecule has 2 N–H and O–H groups in total. The van der Waals surface area contributed by atoms with Crippen LogP contribution in [0.15, 0.2) is 46.8 Å². The zero-order valence-corrected chi connectivity index (χ0v) is 11.1. The van der Waals surface area contributed by atoms with Crippen LogP contribution >= 0.6 is 0 Å². The number of hydrogen-bond acceptors (Lipinski definition) is 2. The minimum Gasteiger partial charge on any atom is -0.512 e. The van der Waals surface area contributed by atoms with Crippen LogP contribution in [0.25, 0.3) is 0 Å². The Kier molecular flexibility index (Phi) is 4.76. The summed E-state index contributed by atoms with van der Waals surface area (Å²) < 4.78 is 0. The highest BCUT2D eigenvalue weighted by atomic mass is 16.3. The molecule has 1 rings (SSSR count). The fourth-order valence-electron chi connectivity index (χ4n) is 2.04. The maximum Gasteiger partial charge on any atom is 0.0983 e. The van der Waals surface area contributed by atoms with Gasteiger partial charge in [-0.2, -0.15) is 0 Å². The van der Waals surface area contributed by atoms with Gasteiger partial charge in [-0.05, 0) is 43.9 Å². The van der Waals surface area contributed by atoms with Gasteiger partial charge in [0, 0.05) is 5.92 Å². The van der Waals surface area contributed by atoms with Crippen LogP contribution in [0.5, 0.6) is 0 Å². The Morgan fingerprint density at radius 3 is 2.65 bits per heavy atom. The molecule has 0 aromatic carbocycles. The summed E-state index contributed by atoms with van der Waals surface area (Å²) in [5, 5.41) is 19.1. The van der Waals surface area contributed by atoms with Gasteiger partial charge in [-0.1, -0.05) is 31.2 Å². The molecule has 2 atom stereocenters. The van der Waals surface area contributed by atoms with Crippen LogP contribution in [0.1, 0.15) is 34.1 Å². The van der Waals surface area contributed by atoms with Crippen molar-refractivity contribution in [1.82, 2.24) is 0 Å². The van der Waals surface area contributed by atoms with Crippen LogP contribution in [0.3, 0.4) is 0 Å². The quantitative estimate of drug-likeness (QED) is 0.731. The molecule has 0 aliphatic heterocycles. The maximum atomic E-state index is 9.79. The van der Waals surface area contributed by atoms with E-state index in [2.05, 4.69) is 0 Å². The third-order valence-electron chi connectivity index (χ3n) is 3.02. The number of allylic oxidation sites excluding steroid dienone is 7. The molecular formula is C15H22O2. The lowest BCUT2D eigenvalue weighted by Crippen LogP contribution is -2.09. The van der Waals surface area contributed by atoms with E-state index in [0.29, 0.717) is 5.76 Å². The SMILES string of the molecule is C/C=C(\C=C/C(C)O)C1=CC(C)=C(O)C(C)C1. The second-order valence-corrected chi connectivity index (χ2v) is 4.69. The predicted octanol–water partition coefficient (Wildman–Crippen LogP) is 3.67. The summed E-state index contributed by atoms with van der Waals surface area (Å²) in [7, 11) is 0. The van der Waals surface area contributed by atoms with Crippen molar-refractivity contribution in [2.45, 2.75) is 40.2 Å². The average Bonchev–Trinajstić information content (AvgIpc) is 2.26. The van der Waals surface area contributed by atoms with Crippen molar-refractivity contribution >= 4 is 0 Å².